The predicted octanol–water partition coefficient (Wildman–Crippen LogP) is 15.0. The van der Waals surface area contributed by atoms with Gasteiger partial charge in [-0.15, -0.1) is 0 Å². The van der Waals surface area contributed by atoms with Crippen molar-refractivity contribution in [1.82, 2.24) is 14.5 Å². The van der Waals surface area contributed by atoms with E-state index >= 15 is 0 Å². The van der Waals surface area contributed by atoms with Crippen molar-refractivity contribution in [2.75, 3.05) is 0 Å². The van der Waals surface area contributed by atoms with E-state index in [2.05, 4.69) is 178 Å². The highest BCUT2D eigenvalue weighted by Crippen LogP contribution is 2.43. The standard InChI is InChI=1S/C57H37N5O.C2H6/c1-3-16-36(17-4-1)55-58-56(37-18-5-2-6-19-37)60-57(59-55)39-20-13-21-40(34-39)61-48-28-11-8-24-45(48)53-41(25-14-29-50(53)61)38-32-33-49-46(35-38)42-22-7-10-27-47(42)62(49)51-30-15-26-44-43-23-9-12-31-52(43)63-54(44)51;1-2/h1-35,57H,(H,58,59,60);1-2H3. The van der Waals surface area contributed by atoms with Crippen molar-refractivity contribution in [2.24, 2.45) is 9.98 Å². The molecule has 0 fully saturated rings. The van der Waals surface area contributed by atoms with E-state index in [9.17, 15) is 0 Å². The largest absolute Gasteiger partial charge is 0.454 e. The van der Waals surface area contributed by atoms with Gasteiger partial charge in [0.05, 0.1) is 27.8 Å². The normalized spacial score (nSPS) is 13.8. The smallest absolute Gasteiger partial charge is 0.159 e. The molecule has 3 aromatic heterocycles. The van der Waals surface area contributed by atoms with Gasteiger partial charge >= 0.3 is 0 Å². The Morgan fingerprint density at radius 3 is 1.91 bits per heavy atom. The third-order valence-electron chi connectivity index (χ3n) is 12.6. The second kappa shape index (κ2) is 15.7. The summed E-state index contributed by atoms with van der Waals surface area (Å²) in [7, 11) is 0. The van der Waals surface area contributed by atoms with Crippen LogP contribution in [0.25, 0.3) is 88.1 Å². The van der Waals surface area contributed by atoms with E-state index in [1.807, 2.05) is 62.4 Å². The quantitative estimate of drug-likeness (QED) is 0.181. The number of hydrogen-bond acceptors (Lipinski definition) is 4. The molecule has 1 unspecified atom stereocenters. The number of hydrogen-bond donors (Lipinski definition) is 1. The monoisotopic (exact) mass is 837 g/mol. The fraction of sp³-hybridized carbons (Fsp3) is 0.0508. The number of rotatable bonds is 6. The lowest BCUT2D eigenvalue weighted by molar-refractivity contribution is 0.666. The summed E-state index contributed by atoms with van der Waals surface area (Å²) in [6.45, 7) is 4.00. The van der Waals surface area contributed by atoms with Crippen molar-refractivity contribution < 1.29 is 4.42 Å². The van der Waals surface area contributed by atoms with E-state index in [1.165, 1.54) is 27.1 Å². The van der Waals surface area contributed by atoms with E-state index in [-0.39, 0.29) is 6.17 Å². The van der Waals surface area contributed by atoms with Gasteiger partial charge in [0.25, 0.3) is 0 Å². The minimum absolute atomic E-state index is 0.343. The van der Waals surface area contributed by atoms with Crippen LogP contribution in [-0.2, 0) is 0 Å². The highest BCUT2D eigenvalue weighted by atomic mass is 16.3. The molecule has 0 saturated heterocycles. The molecule has 0 amide bonds. The van der Waals surface area contributed by atoms with Gasteiger partial charge in [-0.2, -0.15) is 0 Å². The van der Waals surface area contributed by atoms with Crippen LogP contribution < -0.4 is 5.32 Å². The number of aromatic nitrogens is 2. The molecule has 6 nitrogen and oxygen atoms in total. The first kappa shape index (κ1) is 38.2. The van der Waals surface area contributed by atoms with Crippen LogP contribution in [0.4, 0.5) is 0 Å². The van der Waals surface area contributed by atoms with Crippen LogP contribution >= 0.6 is 0 Å². The Morgan fingerprint density at radius 2 is 1.09 bits per heavy atom. The van der Waals surface area contributed by atoms with Crippen LogP contribution in [-0.4, -0.2) is 20.8 Å². The molecule has 65 heavy (non-hydrogen) atoms. The molecule has 12 aromatic rings. The molecule has 0 bridgehead atoms. The van der Waals surface area contributed by atoms with E-state index in [0.29, 0.717) is 5.84 Å². The molecule has 9 aromatic carbocycles. The van der Waals surface area contributed by atoms with Crippen molar-refractivity contribution in [3.63, 3.8) is 0 Å². The summed E-state index contributed by atoms with van der Waals surface area (Å²) in [6.07, 6.45) is -0.343. The van der Waals surface area contributed by atoms with Crippen molar-refractivity contribution in [2.45, 2.75) is 20.0 Å². The number of aliphatic imine (C=N–C) groups is 2. The maximum atomic E-state index is 6.58. The number of amidine groups is 2. The van der Waals surface area contributed by atoms with E-state index in [0.717, 1.165) is 83.5 Å². The first-order valence-corrected chi connectivity index (χ1v) is 22.4. The fourth-order valence-corrected chi connectivity index (χ4v) is 9.76. The number of benzene rings is 9. The SMILES string of the molecule is CC.c1ccc(C2=NC(c3cccc(-n4c5ccccc5c5c(-c6ccc7c(c6)c6ccccc6n7-c6cccc7c6oc6ccccc67)cccc54)c3)NC(c3ccccc3)=N2)cc1. The summed E-state index contributed by atoms with van der Waals surface area (Å²) < 4.78 is 11.3. The zero-order valence-electron chi connectivity index (χ0n) is 36.0. The molecular formula is C59H43N5O. The molecule has 6 heteroatoms. The van der Waals surface area contributed by atoms with Crippen molar-refractivity contribution in [1.29, 1.82) is 0 Å². The highest BCUT2D eigenvalue weighted by Gasteiger charge is 2.24. The third-order valence-corrected chi connectivity index (χ3v) is 12.6. The lowest BCUT2D eigenvalue weighted by Gasteiger charge is -2.24. The lowest BCUT2D eigenvalue weighted by atomic mass is 9.98. The van der Waals surface area contributed by atoms with Gasteiger partial charge in [-0.1, -0.05) is 172 Å². The van der Waals surface area contributed by atoms with Crippen molar-refractivity contribution >= 4 is 77.2 Å². The Labute approximate surface area is 376 Å². The van der Waals surface area contributed by atoms with Gasteiger partial charge in [0.1, 0.15) is 17.6 Å². The molecule has 0 saturated carbocycles. The molecule has 1 aliphatic rings. The van der Waals surface area contributed by atoms with E-state index in [4.69, 9.17) is 14.4 Å². The van der Waals surface area contributed by atoms with Gasteiger partial charge in [0.2, 0.25) is 0 Å². The number of nitrogens with zero attached hydrogens (tertiary/aromatic N) is 4. The van der Waals surface area contributed by atoms with Crippen molar-refractivity contribution in [3.05, 3.63) is 229 Å². The zero-order valence-corrected chi connectivity index (χ0v) is 36.0. The Balaban J connectivity index is 0.00000219. The summed E-state index contributed by atoms with van der Waals surface area (Å²) in [6, 6.07) is 75.1. The Kier molecular flexibility index (Phi) is 9.23. The van der Waals surface area contributed by atoms with Crippen molar-refractivity contribution in [3.8, 4) is 22.5 Å². The van der Waals surface area contributed by atoms with Crippen LogP contribution in [0.15, 0.2) is 227 Å². The van der Waals surface area contributed by atoms with Gasteiger partial charge < -0.3 is 18.9 Å². The number of para-hydroxylation sites is 4. The topological polar surface area (TPSA) is 59.8 Å². The fourth-order valence-electron chi connectivity index (χ4n) is 9.76. The number of nitrogens with one attached hydrogen (secondary N) is 1. The Morgan fingerprint density at radius 1 is 0.462 bits per heavy atom. The molecule has 1 aliphatic heterocycles. The first-order valence-electron chi connectivity index (χ1n) is 22.4. The van der Waals surface area contributed by atoms with Crippen LogP contribution in [0.2, 0.25) is 0 Å². The Hall–Kier alpha value is -8.48. The molecule has 4 heterocycles. The summed E-state index contributed by atoms with van der Waals surface area (Å²) in [5.74, 6) is 1.50. The third kappa shape index (κ3) is 6.25. The predicted molar refractivity (Wildman–Crippen MR) is 271 cm³/mol. The molecular weight excluding hydrogens is 795 g/mol. The summed E-state index contributed by atoms with van der Waals surface area (Å²) in [4.78, 5) is 10.2. The molecule has 310 valence electrons. The van der Waals surface area contributed by atoms with E-state index in [1.54, 1.807) is 0 Å². The maximum absolute atomic E-state index is 6.58. The van der Waals surface area contributed by atoms with Crippen LogP contribution in [0, 0.1) is 0 Å². The van der Waals surface area contributed by atoms with Gasteiger partial charge in [0, 0.05) is 49.1 Å². The minimum Gasteiger partial charge on any atom is -0.454 e. The van der Waals surface area contributed by atoms with Crippen LogP contribution in [0.3, 0.4) is 0 Å². The average Bonchev–Trinajstić information content (AvgIpc) is 4.05. The van der Waals surface area contributed by atoms with Gasteiger partial charge in [0.15, 0.2) is 11.4 Å². The zero-order chi connectivity index (χ0) is 43.4. The summed E-state index contributed by atoms with van der Waals surface area (Å²) in [5, 5.41) is 10.7. The molecule has 0 radical (unpaired) electrons. The Bertz CT molecular complexity index is 3830. The summed E-state index contributed by atoms with van der Waals surface area (Å²) >= 11 is 0. The van der Waals surface area contributed by atoms with Crippen LogP contribution in [0.5, 0.6) is 0 Å². The second-order valence-corrected chi connectivity index (χ2v) is 16.2. The lowest BCUT2D eigenvalue weighted by Crippen LogP contribution is -2.33. The van der Waals surface area contributed by atoms with Crippen LogP contribution in [0.1, 0.15) is 36.7 Å². The maximum Gasteiger partial charge on any atom is 0.159 e. The number of fused-ring (bicyclic) bond motifs is 9. The van der Waals surface area contributed by atoms with E-state index < -0.39 is 0 Å². The molecule has 0 spiro atoms. The second-order valence-electron chi connectivity index (χ2n) is 16.2. The molecule has 1 atom stereocenters. The average molecular weight is 838 g/mol. The van der Waals surface area contributed by atoms with Gasteiger partial charge in [-0.05, 0) is 71.3 Å². The first-order chi connectivity index (χ1) is 32.2. The molecule has 1 N–H and O–H groups in total. The van der Waals surface area contributed by atoms with Gasteiger partial charge in [-0.3, -0.25) is 0 Å². The van der Waals surface area contributed by atoms with Gasteiger partial charge in [-0.25, -0.2) is 9.98 Å². The molecule has 13 rings (SSSR count). The minimum atomic E-state index is -0.343. The summed E-state index contributed by atoms with van der Waals surface area (Å²) in [5.41, 5.74) is 13.8. The molecule has 0 aliphatic carbocycles. The highest BCUT2D eigenvalue weighted by molar-refractivity contribution is 6.18. The number of furan rings is 1.